The minimum absolute atomic E-state index is 0.125. The number of fused-ring (bicyclic) bond motifs is 2. The van der Waals surface area contributed by atoms with Gasteiger partial charge in [-0.15, -0.1) is 11.3 Å². The SMILES string of the molecule is O=C1c2cc(Cl)sc2-c2nccc3c(Cl)cnc1c23. The summed E-state index contributed by atoms with van der Waals surface area (Å²) in [4.78, 5) is 21.8. The Balaban J connectivity index is 2.27. The smallest absolute Gasteiger partial charge is 0.213 e. The molecule has 0 saturated carbocycles. The molecule has 19 heavy (non-hydrogen) atoms. The zero-order valence-corrected chi connectivity index (χ0v) is 11.6. The molecule has 1 aliphatic rings. The van der Waals surface area contributed by atoms with Gasteiger partial charge in [-0.25, -0.2) is 0 Å². The number of nitrogens with zero attached hydrogens (tertiary/aromatic N) is 2. The predicted octanol–water partition coefficient (Wildman–Crippen LogP) is 4.21. The molecule has 6 heteroatoms. The van der Waals surface area contributed by atoms with Crippen molar-refractivity contribution in [3.05, 3.63) is 45.1 Å². The first-order valence-electron chi connectivity index (χ1n) is 5.44. The quantitative estimate of drug-likeness (QED) is 0.489. The van der Waals surface area contributed by atoms with E-state index in [9.17, 15) is 4.79 Å². The number of aromatic nitrogens is 2. The van der Waals surface area contributed by atoms with Crippen LogP contribution in [-0.4, -0.2) is 15.8 Å². The number of rotatable bonds is 0. The van der Waals surface area contributed by atoms with Gasteiger partial charge in [-0.05, 0) is 12.1 Å². The van der Waals surface area contributed by atoms with Crippen molar-refractivity contribution < 1.29 is 4.79 Å². The molecule has 0 fully saturated rings. The van der Waals surface area contributed by atoms with Crippen molar-refractivity contribution in [2.45, 2.75) is 0 Å². The molecule has 0 spiro atoms. The molecular weight excluding hydrogens is 303 g/mol. The molecule has 0 saturated heterocycles. The van der Waals surface area contributed by atoms with Gasteiger partial charge < -0.3 is 0 Å². The average Bonchev–Trinajstić information content (AvgIpc) is 2.80. The maximum absolute atomic E-state index is 12.4. The van der Waals surface area contributed by atoms with Gasteiger partial charge in [0.15, 0.2) is 0 Å². The van der Waals surface area contributed by atoms with Crippen LogP contribution in [-0.2, 0) is 0 Å². The summed E-state index contributed by atoms with van der Waals surface area (Å²) in [6.07, 6.45) is 3.18. The molecule has 0 radical (unpaired) electrons. The van der Waals surface area contributed by atoms with Crippen LogP contribution in [0, 0.1) is 0 Å². The third-order valence-corrected chi connectivity index (χ3v) is 4.70. The fraction of sp³-hybridized carbons (Fsp3) is 0. The van der Waals surface area contributed by atoms with Crippen molar-refractivity contribution in [2.24, 2.45) is 0 Å². The molecule has 4 rings (SSSR count). The summed E-state index contributed by atoms with van der Waals surface area (Å²) >= 11 is 13.5. The molecular formula is C13H4Cl2N2OS. The third kappa shape index (κ3) is 1.42. The summed E-state index contributed by atoms with van der Waals surface area (Å²) in [7, 11) is 0. The number of ketones is 1. The van der Waals surface area contributed by atoms with Crippen molar-refractivity contribution in [3.8, 4) is 10.6 Å². The van der Waals surface area contributed by atoms with Gasteiger partial charge in [-0.1, -0.05) is 23.2 Å². The lowest BCUT2D eigenvalue weighted by Gasteiger charge is -2.15. The fourth-order valence-corrected chi connectivity index (χ4v) is 3.76. The molecule has 0 unspecified atom stereocenters. The number of carbonyl (C=O) groups excluding carboxylic acids is 1. The largest absolute Gasteiger partial charge is 0.287 e. The second kappa shape index (κ2) is 3.76. The molecule has 3 aromatic heterocycles. The van der Waals surface area contributed by atoms with Gasteiger partial charge >= 0.3 is 0 Å². The van der Waals surface area contributed by atoms with E-state index in [2.05, 4.69) is 9.97 Å². The van der Waals surface area contributed by atoms with Gasteiger partial charge in [-0.2, -0.15) is 0 Å². The summed E-state index contributed by atoms with van der Waals surface area (Å²) in [5.41, 5.74) is 1.69. The number of thiophene rings is 1. The van der Waals surface area contributed by atoms with Gasteiger partial charge in [0.1, 0.15) is 5.69 Å². The predicted molar refractivity (Wildman–Crippen MR) is 76.3 cm³/mol. The Bertz CT molecular complexity index is 872. The summed E-state index contributed by atoms with van der Waals surface area (Å²) in [6.45, 7) is 0. The summed E-state index contributed by atoms with van der Waals surface area (Å²) in [6, 6.07) is 3.46. The number of hydrogen-bond acceptors (Lipinski definition) is 4. The number of hydrogen-bond donors (Lipinski definition) is 0. The molecule has 1 aliphatic carbocycles. The maximum Gasteiger partial charge on any atom is 0.213 e. The van der Waals surface area contributed by atoms with E-state index in [4.69, 9.17) is 23.2 Å². The minimum atomic E-state index is -0.125. The van der Waals surface area contributed by atoms with Crippen LogP contribution in [0.5, 0.6) is 0 Å². The topological polar surface area (TPSA) is 42.9 Å². The van der Waals surface area contributed by atoms with Crippen molar-refractivity contribution in [1.29, 1.82) is 0 Å². The Morgan fingerprint density at radius 2 is 2.00 bits per heavy atom. The van der Waals surface area contributed by atoms with E-state index in [1.807, 2.05) is 0 Å². The molecule has 92 valence electrons. The van der Waals surface area contributed by atoms with Crippen LogP contribution >= 0.6 is 34.5 Å². The zero-order valence-electron chi connectivity index (χ0n) is 9.28. The first kappa shape index (κ1) is 11.3. The summed E-state index contributed by atoms with van der Waals surface area (Å²) < 4.78 is 0.566. The molecule has 0 aliphatic heterocycles. The molecule has 0 bridgehead atoms. The Labute approximate surface area is 121 Å². The van der Waals surface area contributed by atoms with Crippen LogP contribution in [0.4, 0.5) is 0 Å². The third-order valence-electron chi connectivity index (χ3n) is 3.13. The fourth-order valence-electron chi connectivity index (χ4n) is 2.33. The highest BCUT2D eigenvalue weighted by atomic mass is 35.5. The molecule has 0 aromatic carbocycles. The van der Waals surface area contributed by atoms with Crippen molar-refractivity contribution in [3.63, 3.8) is 0 Å². The van der Waals surface area contributed by atoms with E-state index in [-0.39, 0.29) is 5.78 Å². The Morgan fingerprint density at radius 3 is 2.84 bits per heavy atom. The van der Waals surface area contributed by atoms with E-state index in [1.54, 1.807) is 18.3 Å². The lowest BCUT2D eigenvalue weighted by atomic mass is 9.95. The summed E-state index contributed by atoms with van der Waals surface area (Å²) in [5.74, 6) is -0.125. The second-order valence-electron chi connectivity index (χ2n) is 4.16. The van der Waals surface area contributed by atoms with Gasteiger partial charge in [0.05, 0.1) is 19.9 Å². The Morgan fingerprint density at radius 1 is 1.16 bits per heavy atom. The van der Waals surface area contributed by atoms with Gasteiger partial charge in [-0.3, -0.25) is 14.8 Å². The van der Waals surface area contributed by atoms with E-state index < -0.39 is 0 Å². The monoisotopic (exact) mass is 306 g/mol. The minimum Gasteiger partial charge on any atom is -0.287 e. The molecule has 3 heterocycles. The molecule has 3 nitrogen and oxygen atoms in total. The first-order chi connectivity index (χ1) is 9.16. The first-order valence-corrected chi connectivity index (χ1v) is 7.01. The second-order valence-corrected chi connectivity index (χ2v) is 6.25. The van der Waals surface area contributed by atoms with Crippen LogP contribution < -0.4 is 0 Å². The van der Waals surface area contributed by atoms with E-state index in [1.165, 1.54) is 17.5 Å². The van der Waals surface area contributed by atoms with Gasteiger partial charge in [0.2, 0.25) is 5.78 Å². The van der Waals surface area contributed by atoms with Crippen LogP contribution in [0.1, 0.15) is 16.1 Å². The highest BCUT2D eigenvalue weighted by Crippen LogP contribution is 2.44. The normalized spacial score (nSPS) is 12.8. The van der Waals surface area contributed by atoms with E-state index >= 15 is 0 Å². The van der Waals surface area contributed by atoms with E-state index in [0.717, 1.165) is 16.0 Å². The highest BCUT2D eigenvalue weighted by molar-refractivity contribution is 7.20. The average molecular weight is 307 g/mol. The van der Waals surface area contributed by atoms with Gasteiger partial charge in [0.25, 0.3) is 0 Å². The van der Waals surface area contributed by atoms with Crippen molar-refractivity contribution >= 4 is 51.1 Å². The zero-order chi connectivity index (χ0) is 13.1. The maximum atomic E-state index is 12.4. The van der Waals surface area contributed by atoms with Crippen molar-refractivity contribution in [2.75, 3.05) is 0 Å². The van der Waals surface area contributed by atoms with Crippen LogP contribution in [0.25, 0.3) is 21.3 Å². The van der Waals surface area contributed by atoms with E-state index in [0.29, 0.717) is 26.0 Å². The molecule has 0 amide bonds. The molecule has 0 atom stereocenters. The summed E-state index contributed by atoms with van der Waals surface area (Å²) in [5, 5.41) is 2.02. The molecule has 0 N–H and O–H groups in total. The standard InChI is InChI=1S/C13H4Cl2N2OS/c14-7-4-17-10-9-5(7)1-2-16-11(9)13-6(12(10)18)3-8(15)19-13/h1-4H. The lowest BCUT2D eigenvalue weighted by Crippen LogP contribution is -2.10. The number of pyridine rings is 2. The molecule has 3 aromatic rings. The highest BCUT2D eigenvalue weighted by Gasteiger charge is 2.30. The van der Waals surface area contributed by atoms with Crippen molar-refractivity contribution in [1.82, 2.24) is 9.97 Å². The number of halogens is 2. The van der Waals surface area contributed by atoms with Crippen LogP contribution in [0.3, 0.4) is 0 Å². The Kier molecular flexibility index (Phi) is 2.24. The van der Waals surface area contributed by atoms with Crippen LogP contribution in [0.2, 0.25) is 9.36 Å². The Hall–Kier alpha value is -1.49. The lowest BCUT2D eigenvalue weighted by molar-refractivity contribution is 0.103. The van der Waals surface area contributed by atoms with Gasteiger partial charge in [0, 0.05) is 28.7 Å². The van der Waals surface area contributed by atoms with Crippen LogP contribution in [0.15, 0.2) is 24.5 Å². The number of carbonyl (C=O) groups is 1.